The first-order valence-electron chi connectivity index (χ1n) is 6.94. The Bertz CT molecular complexity index is 668. The molecule has 0 saturated heterocycles. The summed E-state index contributed by atoms with van der Waals surface area (Å²) in [5, 5.41) is 15.6. The van der Waals surface area contributed by atoms with Gasteiger partial charge in [-0.3, -0.25) is 10.00 Å². The van der Waals surface area contributed by atoms with Gasteiger partial charge in [0, 0.05) is 18.2 Å². The second-order valence-corrected chi connectivity index (χ2v) is 5.58. The van der Waals surface area contributed by atoms with E-state index < -0.39 is 18.0 Å². The monoisotopic (exact) mass is 311 g/mol. The van der Waals surface area contributed by atoms with Gasteiger partial charge >= 0.3 is 6.18 Å². The molecule has 1 aromatic heterocycles. The first-order chi connectivity index (χ1) is 10.4. The normalized spacial score (nSPS) is 21.4. The Balaban J connectivity index is 1.82. The number of nitrogens with one attached hydrogen (secondary N) is 1. The zero-order valence-electron chi connectivity index (χ0n) is 11.9. The molecule has 4 nitrogen and oxygen atoms in total. The van der Waals surface area contributed by atoms with Gasteiger partial charge in [-0.05, 0) is 24.6 Å². The molecule has 1 aromatic carbocycles. The number of benzene rings is 1. The average Bonchev–Trinajstić information content (AvgIpc) is 3.04. The smallest absolute Gasteiger partial charge is 0.388 e. The molecular weight excluding hydrogens is 295 g/mol. The van der Waals surface area contributed by atoms with Crippen molar-refractivity contribution in [1.29, 1.82) is 0 Å². The maximum Gasteiger partial charge on any atom is 0.433 e. The number of fused-ring (bicyclic) bond motifs is 1. The topological polar surface area (TPSA) is 52.2 Å². The van der Waals surface area contributed by atoms with Gasteiger partial charge in [0.2, 0.25) is 0 Å². The van der Waals surface area contributed by atoms with E-state index in [4.69, 9.17) is 0 Å². The van der Waals surface area contributed by atoms with Crippen molar-refractivity contribution in [2.75, 3.05) is 7.05 Å². The van der Waals surface area contributed by atoms with E-state index in [-0.39, 0.29) is 18.2 Å². The molecule has 2 unspecified atom stereocenters. The number of aliphatic hydroxyl groups excluding tert-OH is 1. The van der Waals surface area contributed by atoms with Crippen LogP contribution in [0.15, 0.2) is 30.5 Å². The molecule has 0 amide bonds. The standard InChI is InChI=1S/C15H16F3N3O/c1-21(8-9-7-19-20-14(9)15(16,17)18)12-6-13(22)11-5-3-2-4-10(11)12/h2-5,7,12-13,22H,6,8H2,1H3,(H,19,20). The van der Waals surface area contributed by atoms with E-state index in [0.717, 1.165) is 11.1 Å². The van der Waals surface area contributed by atoms with Gasteiger partial charge in [-0.1, -0.05) is 24.3 Å². The fraction of sp³-hybridized carbons (Fsp3) is 0.400. The summed E-state index contributed by atoms with van der Waals surface area (Å²) in [6, 6.07) is 7.38. The maximum atomic E-state index is 12.9. The van der Waals surface area contributed by atoms with Crippen LogP contribution >= 0.6 is 0 Å². The third-order valence-electron chi connectivity index (χ3n) is 4.11. The minimum absolute atomic E-state index is 0.105. The highest BCUT2D eigenvalue weighted by atomic mass is 19.4. The van der Waals surface area contributed by atoms with Crippen LogP contribution in [0.4, 0.5) is 13.2 Å². The molecule has 0 radical (unpaired) electrons. The van der Waals surface area contributed by atoms with Crippen LogP contribution in [0.2, 0.25) is 0 Å². The molecule has 3 rings (SSSR count). The van der Waals surface area contributed by atoms with Gasteiger partial charge in [0.05, 0.1) is 12.3 Å². The molecule has 1 heterocycles. The summed E-state index contributed by atoms with van der Waals surface area (Å²) in [5.41, 5.74) is 1.11. The van der Waals surface area contributed by atoms with E-state index in [1.54, 1.807) is 7.05 Å². The second kappa shape index (κ2) is 5.40. The number of aliphatic hydroxyl groups is 1. The predicted molar refractivity (Wildman–Crippen MR) is 73.8 cm³/mol. The molecule has 2 N–H and O–H groups in total. The molecule has 1 aliphatic rings. The van der Waals surface area contributed by atoms with Crippen molar-refractivity contribution >= 4 is 0 Å². The fourth-order valence-electron chi connectivity index (χ4n) is 3.06. The van der Waals surface area contributed by atoms with Crippen molar-refractivity contribution in [3.8, 4) is 0 Å². The van der Waals surface area contributed by atoms with Gasteiger partial charge in [0.25, 0.3) is 0 Å². The van der Waals surface area contributed by atoms with Crippen molar-refractivity contribution in [2.45, 2.75) is 31.3 Å². The molecule has 22 heavy (non-hydrogen) atoms. The molecule has 0 bridgehead atoms. The first-order valence-corrected chi connectivity index (χ1v) is 6.94. The lowest BCUT2D eigenvalue weighted by atomic mass is 10.1. The maximum absolute atomic E-state index is 12.9. The summed E-state index contributed by atoms with van der Waals surface area (Å²) in [5.74, 6) is 0. The highest BCUT2D eigenvalue weighted by Gasteiger charge is 2.37. The van der Waals surface area contributed by atoms with Gasteiger partial charge < -0.3 is 5.11 Å². The van der Waals surface area contributed by atoms with Crippen LogP contribution in [0.25, 0.3) is 0 Å². The van der Waals surface area contributed by atoms with Crippen LogP contribution in [0, 0.1) is 0 Å². The SMILES string of the molecule is CN(Cc1cn[nH]c1C(F)(F)F)C1CC(O)c2ccccc21. The van der Waals surface area contributed by atoms with Crippen molar-refractivity contribution in [3.05, 3.63) is 52.8 Å². The molecule has 118 valence electrons. The van der Waals surface area contributed by atoms with Crippen molar-refractivity contribution < 1.29 is 18.3 Å². The Hall–Kier alpha value is -1.86. The molecule has 7 heteroatoms. The van der Waals surface area contributed by atoms with Crippen molar-refractivity contribution in [1.82, 2.24) is 15.1 Å². The summed E-state index contributed by atoms with van der Waals surface area (Å²) in [6.07, 6.45) is -3.33. The largest absolute Gasteiger partial charge is 0.433 e. The molecule has 2 atom stereocenters. The van der Waals surface area contributed by atoms with Gasteiger partial charge in [0.15, 0.2) is 0 Å². The quantitative estimate of drug-likeness (QED) is 0.916. The minimum Gasteiger partial charge on any atom is -0.388 e. The number of hydrogen-bond donors (Lipinski definition) is 2. The summed E-state index contributed by atoms with van der Waals surface area (Å²) < 4.78 is 38.6. The number of aromatic nitrogens is 2. The van der Waals surface area contributed by atoms with Crippen LogP contribution in [0.1, 0.15) is 41.0 Å². The number of halogens is 3. The molecule has 0 saturated carbocycles. The number of nitrogens with zero attached hydrogens (tertiary/aromatic N) is 2. The van der Waals surface area contributed by atoms with Crippen molar-refractivity contribution in [3.63, 3.8) is 0 Å². The summed E-state index contributed by atoms with van der Waals surface area (Å²) in [7, 11) is 1.76. The second-order valence-electron chi connectivity index (χ2n) is 5.58. The third-order valence-corrected chi connectivity index (χ3v) is 4.11. The lowest BCUT2D eigenvalue weighted by Gasteiger charge is -2.25. The minimum atomic E-state index is -4.44. The highest BCUT2D eigenvalue weighted by Crippen LogP contribution is 2.42. The molecule has 0 fully saturated rings. The molecule has 0 spiro atoms. The number of alkyl halides is 3. The summed E-state index contributed by atoms with van der Waals surface area (Å²) >= 11 is 0. The average molecular weight is 311 g/mol. The van der Waals surface area contributed by atoms with Crippen LogP contribution < -0.4 is 0 Å². The van der Waals surface area contributed by atoms with E-state index in [1.165, 1.54) is 6.20 Å². The van der Waals surface area contributed by atoms with Gasteiger partial charge in [-0.15, -0.1) is 0 Å². The van der Waals surface area contributed by atoms with Crippen LogP contribution in [0.5, 0.6) is 0 Å². The Morgan fingerprint density at radius 2 is 2.00 bits per heavy atom. The Kier molecular flexibility index (Phi) is 3.70. The molecule has 1 aliphatic carbocycles. The van der Waals surface area contributed by atoms with Gasteiger partial charge in [-0.2, -0.15) is 18.3 Å². The number of hydrogen-bond acceptors (Lipinski definition) is 3. The Morgan fingerprint density at radius 3 is 2.68 bits per heavy atom. The summed E-state index contributed by atoms with van der Waals surface area (Å²) in [4.78, 5) is 1.81. The Morgan fingerprint density at radius 1 is 1.32 bits per heavy atom. The first kappa shape index (κ1) is 15.1. The van der Waals surface area contributed by atoms with Crippen molar-refractivity contribution in [2.24, 2.45) is 0 Å². The van der Waals surface area contributed by atoms with Gasteiger partial charge in [0.1, 0.15) is 5.69 Å². The van der Waals surface area contributed by atoms with E-state index in [2.05, 4.69) is 5.10 Å². The lowest BCUT2D eigenvalue weighted by Crippen LogP contribution is -2.24. The van der Waals surface area contributed by atoms with E-state index in [9.17, 15) is 18.3 Å². The third kappa shape index (κ3) is 2.62. The van der Waals surface area contributed by atoms with Gasteiger partial charge in [-0.25, -0.2) is 0 Å². The number of aromatic amines is 1. The lowest BCUT2D eigenvalue weighted by molar-refractivity contribution is -0.142. The Labute approximate surface area is 125 Å². The zero-order valence-corrected chi connectivity index (χ0v) is 11.9. The number of H-pyrrole nitrogens is 1. The zero-order chi connectivity index (χ0) is 15.9. The molecule has 2 aromatic rings. The summed E-state index contributed by atoms with van der Waals surface area (Å²) in [6.45, 7) is 0.108. The molecule has 0 aliphatic heterocycles. The van der Waals surface area contributed by atoms with Crippen LogP contribution in [-0.4, -0.2) is 27.3 Å². The highest BCUT2D eigenvalue weighted by molar-refractivity contribution is 5.36. The van der Waals surface area contributed by atoms with Crippen LogP contribution in [0.3, 0.4) is 0 Å². The number of rotatable bonds is 3. The van der Waals surface area contributed by atoms with E-state index >= 15 is 0 Å². The fourth-order valence-corrected chi connectivity index (χ4v) is 3.06. The van der Waals surface area contributed by atoms with E-state index in [0.29, 0.717) is 6.42 Å². The molecular formula is C15H16F3N3O. The van der Waals surface area contributed by atoms with E-state index in [1.807, 2.05) is 34.3 Å². The predicted octanol–water partition coefficient (Wildman–Crippen LogP) is 3.04. The van der Waals surface area contributed by atoms with Crippen LogP contribution in [-0.2, 0) is 12.7 Å².